The molecule has 0 spiro atoms. The summed E-state index contributed by atoms with van der Waals surface area (Å²) in [5.74, 6) is 0. The van der Waals surface area contributed by atoms with E-state index in [4.69, 9.17) is 22.6 Å². The van der Waals surface area contributed by atoms with E-state index in [9.17, 15) is 0 Å². The van der Waals surface area contributed by atoms with Crippen molar-refractivity contribution in [3.63, 3.8) is 0 Å². The van der Waals surface area contributed by atoms with Gasteiger partial charge in [-0.15, -0.1) is 0 Å². The molecule has 0 amide bonds. The minimum absolute atomic E-state index is 0.300. The van der Waals surface area contributed by atoms with Crippen LogP contribution in [0.15, 0.2) is 0 Å². The second-order valence-electron chi connectivity index (χ2n) is 0.183. The zero-order valence-electron chi connectivity index (χ0n) is 3.62. The summed E-state index contributed by atoms with van der Waals surface area (Å²) in [6, 6.07) is 0. The molecule has 0 aliphatic carbocycles. The minimum atomic E-state index is 0.300. The summed E-state index contributed by atoms with van der Waals surface area (Å²) in [7, 11) is 0. The van der Waals surface area contributed by atoms with Crippen LogP contribution in [0.5, 0.6) is 0 Å². The molecular formula is C2H2O5Zr. The van der Waals surface area contributed by atoms with Gasteiger partial charge in [-0.05, 0) is 0 Å². The SMILES string of the molecule is O=[C-]O.O=[C-]O.[O]=[Zr+2]. The van der Waals surface area contributed by atoms with Gasteiger partial charge in [0.2, 0.25) is 0 Å². The molecule has 0 heterocycles. The van der Waals surface area contributed by atoms with Crippen molar-refractivity contribution in [2.75, 3.05) is 0 Å². The molecule has 0 rings (SSSR count). The van der Waals surface area contributed by atoms with Gasteiger partial charge in [0.25, 0.3) is 0 Å². The monoisotopic (exact) mass is 196 g/mol. The normalized spacial score (nSPS) is 3.75. The summed E-state index contributed by atoms with van der Waals surface area (Å²) in [5.41, 5.74) is 0. The Hall–Kier alpha value is -0.377. The molecule has 2 N–H and O–H groups in total. The molecule has 0 saturated carbocycles. The molecule has 6 heteroatoms. The molecule has 44 valence electrons. The van der Waals surface area contributed by atoms with Gasteiger partial charge in [0.15, 0.2) is 0 Å². The predicted molar refractivity (Wildman–Crippen MR) is 17.3 cm³/mol. The summed E-state index contributed by atoms with van der Waals surface area (Å²) in [6.07, 6.45) is 0. The van der Waals surface area contributed by atoms with Crippen molar-refractivity contribution in [1.29, 1.82) is 0 Å². The van der Waals surface area contributed by atoms with E-state index >= 15 is 0 Å². The first kappa shape index (κ1) is 15.6. The molecule has 5 nitrogen and oxygen atoms in total. The van der Waals surface area contributed by atoms with Crippen LogP contribution in [0.3, 0.4) is 0 Å². The van der Waals surface area contributed by atoms with Crippen molar-refractivity contribution in [2.24, 2.45) is 0 Å². The fourth-order valence-corrected chi connectivity index (χ4v) is 0. The van der Waals surface area contributed by atoms with E-state index in [0.29, 0.717) is 37.7 Å². The van der Waals surface area contributed by atoms with Crippen LogP contribution in [0.2, 0.25) is 0 Å². The Bertz CT molecular complexity index is 39.7. The molecule has 0 aromatic carbocycles. The molecule has 0 atom stereocenters. The quantitative estimate of drug-likeness (QED) is 0.491. The standard InChI is InChI=1S/2CHO2.O.Zr/c2*2-1-3;;/h2*(H,2,3);;/q2*-1;;+2. The molecule has 8 heavy (non-hydrogen) atoms. The van der Waals surface area contributed by atoms with Crippen molar-refractivity contribution in [1.82, 2.24) is 0 Å². The van der Waals surface area contributed by atoms with Crippen LogP contribution in [0, 0.1) is 0 Å². The average Bonchev–Trinajstić information content (AvgIpc) is 1.75. The molecule has 0 fully saturated rings. The maximum absolute atomic E-state index is 8.34. The number of aliphatic hydroxyl groups excluding tert-OH is 2. The number of hydrogen-bond donors (Lipinski definition) is 2. The molecule has 0 radical (unpaired) electrons. The van der Waals surface area contributed by atoms with Crippen LogP contribution in [0.25, 0.3) is 0 Å². The third kappa shape index (κ3) is 846. The Kier molecular flexibility index (Phi) is 155. The van der Waals surface area contributed by atoms with Crippen molar-refractivity contribution in [2.45, 2.75) is 0 Å². The van der Waals surface area contributed by atoms with Gasteiger partial charge in [0.05, 0.1) is 0 Å². The number of hydrogen-bond acceptors (Lipinski definition) is 3. The summed E-state index contributed by atoms with van der Waals surface area (Å²) in [5, 5.41) is 13.5. The molecule has 0 saturated heterocycles. The Labute approximate surface area is 60.6 Å². The molecule has 0 aromatic rings. The van der Waals surface area contributed by atoms with Crippen LogP contribution in [0.1, 0.15) is 0 Å². The van der Waals surface area contributed by atoms with Crippen LogP contribution < -0.4 is 0 Å². The predicted octanol–water partition coefficient (Wildman–Crippen LogP) is -0.898. The molecule has 0 bridgehead atoms. The van der Waals surface area contributed by atoms with E-state index < -0.39 is 0 Å². The van der Waals surface area contributed by atoms with Crippen LogP contribution in [-0.4, -0.2) is 23.2 Å². The van der Waals surface area contributed by atoms with Crippen molar-refractivity contribution in [3.05, 3.63) is 0 Å². The molecule has 0 aliphatic heterocycles. The third-order valence-corrected chi connectivity index (χ3v) is 0. The molecule has 0 unspecified atom stereocenters. The second-order valence-corrected chi connectivity index (χ2v) is 0.183. The first-order valence-corrected chi connectivity index (χ1v) is 2.06. The zero-order chi connectivity index (χ0) is 7.41. The Morgan fingerprint density at radius 2 is 1.00 bits per heavy atom. The maximum atomic E-state index is 8.34. The van der Waals surface area contributed by atoms with Gasteiger partial charge in [0, 0.05) is 0 Å². The Balaban J connectivity index is -0.0000000483. The second kappa shape index (κ2) is 79.5. The van der Waals surface area contributed by atoms with Crippen molar-refractivity contribution >= 4 is 12.9 Å². The van der Waals surface area contributed by atoms with Crippen molar-refractivity contribution in [3.8, 4) is 0 Å². The van der Waals surface area contributed by atoms with Gasteiger partial charge in [-0.25, -0.2) is 0 Å². The van der Waals surface area contributed by atoms with Gasteiger partial charge >= 0.3 is 27.5 Å². The summed E-state index contributed by atoms with van der Waals surface area (Å²) in [6.45, 7) is 1.00. The van der Waals surface area contributed by atoms with Gasteiger partial charge < -0.3 is 19.8 Å². The van der Waals surface area contributed by atoms with Crippen molar-refractivity contribution < 1.29 is 47.3 Å². The Morgan fingerprint density at radius 3 is 1.00 bits per heavy atom. The molecular weight excluding hydrogens is 195 g/mol. The molecule has 0 aromatic heterocycles. The Morgan fingerprint density at radius 1 is 1.00 bits per heavy atom. The van der Waals surface area contributed by atoms with E-state index in [2.05, 4.69) is 0 Å². The third-order valence-electron chi connectivity index (χ3n) is 0. The van der Waals surface area contributed by atoms with E-state index in [1.807, 2.05) is 0 Å². The summed E-state index contributed by atoms with van der Waals surface area (Å²) in [4.78, 5) is 16.5. The van der Waals surface area contributed by atoms with Crippen LogP contribution in [-0.2, 0) is 37.1 Å². The van der Waals surface area contributed by atoms with E-state index in [-0.39, 0.29) is 0 Å². The van der Waals surface area contributed by atoms with Gasteiger partial charge in [-0.1, -0.05) is 12.9 Å². The molecule has 0 aliphatic rings. The zero-order valence-corrected chi connectivity index (χ0v) is 6.08. The fourth-order valence-electron chi connectivity index (χ4n) is 0. The van der Waals surface area contributed by atoms with Crippen LogP contribution in [0.4, 0.5) is 0 Å². The van der Waals surface area contributed by atoms with Gasteiger partial charge in [-0.3, -0.25) is 0 Å². The van der Waals surface area contributed by atoms with Crippen LogP contribution >= 0.6 is 0 Å². The summed E-state index contributed by atoms with van der Waals surface area (Å²) >= 11 is 0.300. The first-order chi connectivity index (χ1) is 3.83. The summed E-state index contributed by atoms with van der Waals surface area (Å²) < 4.78 is 8.34. The topological polar surface area (TPSA) is 91.7 Å². The number of rotatable bonds is 0. The first-order valence-electron chi connectivity index (χ1n) is 1.06. The van der Waals surface area contributed by atoms with Gasteiger partial charge in [0.1, 0.15) is 0 Å². The van der Waals surface area contributed by atoms with E-state index in [1.165, 1.54) is 0 Å². The van der Waals surface area contributed by atoms with Gasteiger partial charge in [-0.2, -0.15) is 0 Å². The average molecular weight is 197 g/mol. The fraction of sp³-hybridized carbons (Fsp3) is 0. The van der Waals surface area contributed by atoms with E-state index in [0.717, 1.165) is 0 Å². The van der Waals surface area contributed by atoms with E-state index in [1.54, 1.807) is 0 Å².